The van der Waals surface area contributed by atoms with Gasteiger partial charge in [0.25, 0.3) is 0 Å². The number of thiophene rings is 1. The molecule has 1 aromatic heterocycles. The summed E-state index contributed by atoms with van der Waals surface area (Å²) in [4.78, 5) is 0. The molecule has 2 heterocycles. The van der Waals surface area contributed by atoms with Crippen molar-refractivity contribution in [2.24, 2.45) is 11.1 Å². The van der Waals surface area contributed by atoms with Crippen molar-refractivity contribution < 1.29 is 0 Å². The fourth-order valence-electron chi connectivity index (χ4n) is 3.59. The molecule has 3 rings (SSSR count). The molecule has 25 heavy (non-hydrogen) atoms. The number of nitrogens with one attached hydrogen (secondary N) is 1. The van der Waals surface area contributed by atoms with E-state index >= 15 is 0 Å². The topological polar surface area (TPSA) is 61.8 Å². The van der Waals surface area contributed by atoms with E-state index in [-0.39, 0.29) is 11.3 Å². The predicted octanol–water partition coefficient (Wildman–Crippen LogP) is 5.36. The van der Waals surface area contributed by atoms with Crippen LogP contribution in [0.2, 0.25) is 0 Å². The van der Waals surface area contributed by atoms with Crippen molar-refractivity contribution in [1.29, 1.82) is 5.26 Å². The highest BCUT2D eigenvalue weighted by molar-refractivity contribution is 7.17. The smallest absolute Gasteiger partial charge is 0.101 e. The second-order valence-electron chi connectivity index (χ2n) is 8.03. The number of dihydropyridines is 1. The highest BCUT2D eigenvalue weighted by Crippen LogP contribution is 2.45. The van der Waals surface area contributed by atoms with Crippen LogP contribution in [0.3, 0.4) is 0 Å². The molecule has 1 aliphatic heterocycles. The quantitative estimate of drug-likeness (QED) is 0.765. The van der Waals surface area contributed by atoms with Crippen molar-refractivity contribution in [3.8, 4) is 6.07 Å². The minimum atomic E-state index is 0.148. The predicted molar refractivity (Wildman–Crippen MR) is 106 cm³/mol. The van der Waals surface area contributed by atoms with Gasteiger partial charge in [-0.15, -0.1) is 11.3 Å². The Morgan fingerprint density at radius 2 is 2.00 bits per heavy atom. The average Bonchev–Trinajstić information content (AvgIpc) is 2.95. The minimum absolute atomic E-state index is 0.148. The lowest BCUT2D eigenvalue weighted by atomic mass is 9.75. The molecule has 1 aliphatic rings. The van der Waals surface area contributed by atoms with Gasteiger partial charge in [0.1, 0.15) is 11.9 Å². The first kappa shape index (κ1) is 17.6. The normalized spacial score (nSPS) is 18.5. The third-order valence-corrected chi connectivity index (χ3v) is 5.87. The van der Waals surface area contributed by atoms with Crippen LogP contribution in [0.5, 0.6) is 0 Å². The molecular weight excluding hydrogens is 326 g/mol. The zero-order valence-corrected chi connectivity index (χ0v) is 16.3. The fourth-order valence-corrected chi connectivity index (χ4v) is 4.65. The van der Waals surface area contributed by atoms with Crippen molar-refractivity contribution in [2.75, 3.05) is 0 Å². The van der Waals surface area contributed by atoms with Gasteiger partial charge in [-0.1, -0.05) is 32.9 Å². The lowest BCUT2D eigenvalue weighted by Crippen LogP contribution is -2.30. The summed E-state index contributed by atoms with van der Waals surface area (Å²) in [5.41, 5.74) is 12.2. The highest BCUT2D eigenvalue weighted by atomic mass is 32.1. The number of nitrogens with zero attached hydrogens (tertiary/aromatic N) is 1. The first-order valence-corrected chi connectivity index (χ1v) is 9.44. The van der Waals surface area contributed by atoms with Gasteiger partial charge >= 0.3 is 0 Å². The highest BCUT2D eigenvalue weighted by Gasteiger charge is 2.31. The molecule has 0 saturated carbocycles. The third-order valence-electron chi connectivity index (χ3n) is 4.82. The SMILES string of the molecule is CC1=C(C)C(c2csc3c(C#N)cccc23)C(CC(C)(C)C)=C(N)N1. The molecule has 3 nitrogen and oxygen atoms in total. The molecule has 0 bridgehead atoms. The number of fused-ring (bicyclic) bond motifs is 1. The number of benzene rings is 1. The van der Waals surface area contributed by atoms with E-state index in [1.807, 2.05) is 12.1 Å². The molecular formula is C21H25N3S. The maximum absolute atomic E-state index is 9.40. The lowest BCUT2D eigenvalue weighted by Gasteiger charge is -2.34. The zero-order chi connectivity index (χ0) is 18.4. The number of rotatable bonds is 2. The Bertz CT molecular complexity index is 932. The van der Waals surface area contributed by atoms with Crippen molar-refractivity contribution in [2.45, 2.75) is 47.0 Å². The van der Waals surface area contributed by atoms with E-state index in [0.29, 0.717) is 0 Å². The average molecular weight is 352 g/mol. The van der Waals surface area contributed by atoms with E-state index < -0.39 is 0 Å². The van der Waals surface area contributed by atoms with Gasteiger partial charge in [0.05, 0.1) is 10.3 Å². The second kappa shape index (κ2) is 6.24. The summed E-state index contributed by atoms with van der Waals surface area (Å²) in [7, 11) is 0. The van der Waals surface area contributed by atoms with Crippen LogP contribution in [-0.2, 0) is 0 Å². The van der Waals surface area contributed by atoms with E-state index in [9.17, 15) is 5.26 Å². The maximum atomic E-state index is 9.40. The number of hydrogen-bond acceptors (Lipinski definition) is 4. The first-order chi connectivity index (χ1) is 11.7. The molecule has 130 valence electrons. The first-order valence-electron chi connectivity index (χ1n) is 8.56. The van der Waals surface area contributed by atoms with Gasteiger partial charge in [0, 0.05) is 11.6 Å². The molecule has 0 amide bonds. The van der Waals surface area contributed by atoms with Gasteiger partial charge < -0.3 is 11.1 Å². The molecule has 0 fully saturated rings. The molecule has 1 unspecified atom stereocenters. The molecule has 3 N–H and O–H groups in total. The van der Waals surface area contributed by atoms with Crippen LogP contribution in [-0.4, -0.2) is 0 Å². The van der Waals surface area contributed by atoms with Gasteiger partial charge in [-0.2, -0.15) is 5.26 Å². The minimum Gasteiger partial charge on any atom is -0.385 e. The molecule has 0 radical (unpaired) electrons. The van der Waals surface area contributed by atoms with E-state index in [0.717, 1.165) is 28.2 Å². The van der Waals surface area contributed by atoms with Gasteiger partial charge in [0.15, 0.2) is 0 Å². The molecule has 0 saturated heterocycles. The van der Waals surface area contributed by atoms with Crippen LogP contribution < -0.4 is 11.1 Å². The summed E-state index contributed by atoms with van der Waals surface area (Å²) < 4.78 is 1.07. The van der Waals surface area contributed by atoms with E-state index in [4.69, 9.17) is 5.73 Å². The van der Waals surface area contributed by atoms with Gasteiger partial charge in [0.2, 0.25) is 0 Å². The molecule has 1 aromatic carbocycles. The fraction of sp³-hybridized carbons (Fsp3) is 0.381. The monoisotopic (exact) mass is 351 g/mol. The largest absolute Gasteiger partial charge is 0.385 e. The van der Waals surface area contributed by atoms with E-state index in [2.05, 4.69) is 57.5 Å². The Labute approximate surface area is 153 Å². The maximum Gasteiger partial charge on any atom is 0.101 e. The van der Waals surface area contributed by atoms with Gasteiger partial charge in [-0.05, 0) is 59.2 Å². The Kier molecular flexibility index (Phi) is 4.38. The van der Waals surface area contributed by atoms with Crippen molar-refractivity contribution >= 4 is 21.4 Å². The van der Waals surface area contributed by atoms with E-state index in [1.54, 1.807) is 11.3 Å². The number of hydrogen-bond donors (Lipinski definition) is 2. The molecule has 1 atom stereocenters. The Morgan fingerprint density at radius 1 is 1.28 bits per heavy atom. The molecule has 4 heteroatoms. The summed E-state index contributed by atoms with van der Waals surface area (Å²) in [6.07, 6.45) is 0.927. The second-order valence-corrected chi connectivity index (χ2v) is 8.91. The number of allylic oxidation sites excluding steroid dienone is 3. The third kappa shape index (κ3) is 3.17. The van der Waals surface area contributed by atoms with Gasteiger partial charge in [-0.3, -0.25) is 0 Å². The Morgan fingerprint density at radius 3 is 2.64 bits per heavy atom. The summed E-state index contributed by atoms with van der Waals surface area (Å²) in [5.74, 6) is 0.946. The molecule has 0 aliphatic carbocycles. The van der Waals surface area contributed by atoms with Crippen molar-refractivity contribution in [1.82, 2.24) is 5.32 Å². The standard InChI is InChI=1S/C21H25N3S/c1-12-13(2)24-20(23)16(9-21(3,4)5)18(12)17-11-25-19-14(10-22)7-6-8-15(17)19/h6-8,11,18,24H,9,23H2,1-5H3. The molecule has 0 spiro atoms. The number of nitriles is 1. The van der Waals surface area contributed by atoms with Crippen LogP contribution in [0.25, 0.3) is 10.1 Å². The van der Waals surface area contributed by atoms with Crippen LogP contribution in [0.15, 0.2) is 46.2 Å². The summed E-state index contributed by atoms with van der Waals surface area (Å²) in [5, 5.41) is 16.1. The van der Waals surface area contributed by atoms with Crippen molar-refractivity contribution in [3.05, 3.63) is 57.4 Å². The number of nitrogens with two attached hydrogens (primary N) is 1. The van der Waals surface area contributed by atoms with Crippen LogP contribution in [0, 0.1) is 16.7 Å². The summed E-state index contributed by atoms with van der Waals surface area (Å²) >= 11 is 1.65. The van der Waals surface area contributed by atoms with E-state index in [1.165, 1.54) is 22.1 Å². The Balaban J connectivity index is 2.21. The molecule has 2 aromatic rings. The lowest BCUT2D eigenvalue weighted by molar-refractivity contribution is 0.397. The van der Waals surface area contributed by atoms with Gasteiger partial charge in [-0.25, -0.2) is 0 Å². The summed E-state index contributed by atoms with van der Waals surface area (Å²) in [6.45, 7) is 11.0. The van der Waals surface area contributed by atoms with Crippen molar-refractivity contribution in [3.63, 3.8) is 0 Å². The summed E-state index contributed by atoms with van der Waals surface area (Å²) in [6, 6.07) is 8.30. The Hall–Kier alpha value is -2.25. The zero-order valence-electron chi connectivity index (χ0n) is 15.5. The van der Waals surface area contributed by atoms with Crippen LogP contribution in [0.4, 0.5) is 0 Å². The van der Waals surface area contributed by atoms with Crippen LogP contribution in [0.1, 0.15) is 58.1 Å². The van der Waals surface area contributed by atoms with Crippen LogP contribution >= 0.6 is 11.3 Å².